The second-order valence-corrected chi connectivity index (χ2v) is 18.3. The summed E-state index contributed by atoms with van der Waals surface area (Å²) in [4.78, 5) is 15.5. The Morgan fingerprint density at radius 3 is 1.56 bits per heavy atom. The van der Waals surface area contributed by atoms with Crippen LogP contribution in [0.1, 0.15) is 43.2 Å². The van der Waals surface area contributed by atoms with Crippen LogP contribution in [0.15, 0.2) is 158 Å². The zero-order valence-electron chi connectivity index (χ0n) is 30.7. The number of fused-ring (bicyclic) bond motifs is 2. The molecule has 0 bridgehead atoms. The van der Waals surface area contributed by atoms with Crippen molar-refractivity contribution in [2.75, 3.05) is 13.3 Å². The molecule has 4 nitrogen and oxygen atoms in total. The summed E-state index contributed by atoms with van der Waals surface area (Å²) in [6.07, 6.45) is 5.88. The smallest absolute Gasteiger partial charge is 0.165 e. The van der Waals surface area contributed by atoms with Gasteiger partial charge in [-0.25, -0.2) is 15.0 Å². The molecule has 0 saturated heterocycles. The van der Waals surface area contributed by atoms with Gasteiger partial charge in [0.25, 0.3) is 0 Å². The third-order valence-electron chi connectivity index (χ3n) is 11.3. The minimum atomic E-state index is -2.34. The normalized spacial score (nSPS) is 14.3. The summed E-state index contributed by atoms with van der Waals surface area (Å²) >= 11 is 0. The molecule has 7 aromatic carbocycles. The SMILES string of the molecule is CP(C)(=O)c1cccc(-c2ccc(C3(c4ccc(-c5nc(-c6ccccc6)nc(-c6c7ccccc7cc7ccccc67)n5)cc4)CCCCC3)cc2)c1. The van der Waals surface area contributed by atoms with Gasteiger partial charge in [-0.05, 0) is 82.1 Å². The molecule has 1 aliphatic rings. The topological polar surface area (TPSA) is 55.7 Å². The quantitative estimate of drug-likeness (QED) is 0.122. The summed E-state index contributed by atoms with van der Waals surface area (Å²) in [7, 11) is -2.34. The monoisotopic (exact) mass is 719 g/mol. The van der Waals surface area contributed by atoms with E-state index in [0.717, 1.165) is 67.5 Å². The molecular formula is C49H42N3OP. The Kier molecular flexibility index (Phi) is 8.80. The molecule has 1 fully saturated rings. The van der Waals surface area contributed by atoms with E-state index in [1.807, 2.05) is 43.7 Å². The van der Waals surface area contributed by atoms with Crippen LogP contribution in [0.2, 0.25) is 0 Å². The minimum Gasteiger partial charge on any atom is -0.319 e. The fourth-order valence-corrected chi connectivity index (χ4v) is 9.32. The predicted octanol–water partition coefficient (Wildman–Crippen LogP) is 12.3. The molecule has 0 amide bonds. The first-order valence-corrected chi connectivity index (χ1v) is 21.6. The van der Waals surface area contributed by atoms with Crippen LogP contribution in [0, 0.1) is 0 Å². The second-order valence-electron chi connectivity index (χ2n) is 15.1. The summed E-state index contributed by atoms with van der Waals surface area (Å²) in [6, 6.07) is 55.8. The van der Waals surface area contributed by atoms with Crippen LogP contribution >= 0.6 is 7.14 Å². The largest absolute Gasteiger partial charge is 0.319 e. The minimum absolute atomic E-state index is 0.0684. The van der Waals surface area contributed by atoms with Crippen molar-refractivity contribution in [3.05, 3.63) is 169 Å². The molecular weight excluding hydrogens is 678 g/mol. The molecule has 1 aliphatic carbocycles. The lowest BCUT2D eigenvalue weighted by Crippen LogP contribution is -2.30. The molecule has 54 heavy (non-hydrogen) atoms. The Labute approximate surface area is 317 Å². The van der Waals surface area contributed by atoms with Crippen molar-refractivity contribution < 1.29 is 4.57 Å². The summed E-state index contributed by atoms with van der Waals surface area (Å²) < 4.78 is 12.8. The standard InChI is InChI=1S/C49H42N3OP/c1-54(2,53)42-19-13-18-37(33-42)34-22-26-40(27-23-34)49(30-11-4-12-31-49)41-28-24-36(25-29-41)47-50-46(35-14-5-3-6-15-35)51-48(52-47)45-43-20-9-7-16-38(43)32-39-17-8-10-21-44(39)45/h3,5-10,13-29,32-33H,4,11-12,30-31H2,1-2H3. The van der Waals surface area contributed by atoms with E-state index < -0.39 is 7.14 Å². The van der Waals surface area contributed by atoms with Crippen LogP contribution in [0.5, 0.6) is 0 Å². The lowest BCUT2D eigenvalue weighted by Gasteiger charge is -2.39. The summed E-state index contributed by atoms with van der Waals surface area (Å²) in [6.45, 7) is 3.67. The molecule has 0 atom stereocenters. The third kappa shape index (κ3) is 6.35. The molecule has 0 spiro atoms. The van der Waals surface area contributed by atoms with Crippen molar-refractivity contribution in [1.29, 1.82) is 0 Å². The van der Waals surface area contributed by atoms with Gasteiger partial charge >= 0.3 is 0 Å². The molecule has 0 N–H and O–H groups in total. The fraction of sp³-hybridized carbons (Fsp3) is 0.163. The van der Waals surface area contributed by atoms with E-state index in [2.05, 4.69) is 127 Å². The Morgan fingerprint density at radius 2 is 0.963 bits per heavy atom. The lowest BCUT2D eigenvalue weighted by molar-refractivity contribution is 0.346. The number of benzene rings is 7. The van der Waals surface area contributed by atoms with Crippen molar-refractivity contribution in [2.45, 2.75) is 37.5 Å². The van der Waals surface area contributed by atoms with Gasteiger partial charge in [0.2, 0.25) is 0 Å². The van der Waals surface area contributed by atoms with Crippen LogP contribution < -0.4 is 5.30 Å². The molecule has 0 unspecified atom stereocenters. The van der Waals surface area contributed by atoms with Gasteiger partial charge in [-0.2, -0.15) is 0 Å². The Bertz CT molecular complexity index is 2620. The highest BCUT2D eigenvalue weighted by molar-refractivity contribution is 7.70. The maximum atomic E-state index is 12.8. The molecule has 1 saturated carbocycles. The van der Waals surface area contributed by atoms with Gasteiger partial charge in [-0.1, -0.05) is 165 Å². The summed E-state index contributed by atoms with van der Waals surface area (Å²) in [5, 5.41) is 5.48. The zero-order valence-corrected chi connectivity index (χ0v) is 31.6. The molecule has 0 aliphatic heterocycles. The number of nitrogens with zero attached hydrogens (tertiary/aromatic N) is 3. The van der Waals surface area contributed by atoms with E-state index in [4.69, 9.17) is 15.0 Å². The first-order valence-electron chi connectivity index (χ1n) is 19.0. The van der Waals surface area contributed by atoms with Crippen molar-refractivity contribution in [3.8, 4) is 45.3 Å². The van der Waals surface area contributed by atoms with Crippen molar-refractivity contribution in [3.63, 3.8) is 0 Å². The van der Waals surface area contributed by atoms with Crippen molar-refractivity contribution in [1.82, 2.24) is 15.0 Å². The van der Waals surface area contributed by atoms with Crippen LogP contribution in [-0.4, -0.2) is 28.3 Å². The molecule has 1 aromatic heterocycles. The van der Waals surface area contributed by atoms with Crippen LogP contribution in [0.4, 0.5) is 0 Å². The first-order chi connectivity index (χ1) is 26.4. The summed E-state index contributed by atoms with van der Waals surface area (Å²) in [5.41, 5.74) is 7.81. The predicted molar refractivity (Wildman–Crippen MR) is 226 cm³/mol. The molecule has 5 heteroatoms. The molecule has 0 radical (unpaired) electrons. The van der Waals surface area contributed by atoms with Gasteiger partial charge in [-0.3, -0.25) is 0 Å². The zero-order chi connectivity index (χ0) is 36.7. The fourth-order valence-electron chi connectivity index (χ4n) is 8.43. The van der Waals surface area contributed by atoms with Crippen molar-refractivity contribution >= 4 is 34.0 Å². The van der Waals surface area contributed by atoms with Gasteiger partial charge in [-0.15, -0.1) is 0 Å². The maximum Gasteiger partial charge on any atom is 0.165 e. The van der Waals surface area contributed by atoms with E-state index in [9.17, 15) is 4.57 Å². The van der Waals surface area contributed by atoms with E-state index in [1.165, 1.54) is 30.4 Å². The second kappa shape index (κ2) is 13.9. The average Bonchev–Trinajstić information content (AvgIpc) is 3.23. The molecule has 264 valence electrons. The Balaban J connectivity index is 1.13. The van der Waals surface area contributed by atoms with Crippen LogP contribution in [0.3, 0.4) is 0 Å². The van der Waals surface area contributed by atoms with Gasteiger partial charge < -0.3 is 4.57 Å². The number of aromatic nitrogens is 3. The van der Waals surface area contributed by atoms with E-state index in [1.54, 1.807) is 0 Å². The Hall–Kier alpha value is -5.70. The first kappa shape index (κ1) is 34.1. The maximum absolute atomic E-state index is 12.8. The third-order valence-corrected chi connectivity index (χ3v) is 12.8. The Morgan fingerprint density at radius 1 is 0.463 bits per heavy atom. The average molecular weight is 720 g/mol. The van der Waals surface area contributed by atoms with Crippen LogP contribution in [-0.2, 0) is 9.98 Å². The van der Waals surface area contributed by atoms with E-state index >= 15 is 0 Å². The number of hydrogen-bond donors (Lipinski definition) is 0. The molecule has 9 rings (SSSR count). The lowest BCUT2D eigenvalue weighted by atomic mass is 9.65. The van der Waals surface area contributed by atoms with Gasteiger partial charge in [0.15, 0.2) is 17.5 Å². The van der Waals surface area contributed by atoms with E-state index in [0.29, 0.717) is 17.5 Å². The van der Waals surface area contributed by atoms with E-state index in [-0.39, 0.29) is 5.41 Å². The highest BCUT2D eigenvalue weighted by atomic mass is 31.2. The van der Waals surface area contributed by atoms with Gasteiger partial charge in [0, 0.05) is 27.4 Å². The molecule has 8 aromatic rings. The number of rotatable bonds is 7. The van der Waals surface area contributed by atoms with Gasteiger partial charge in [0.05, 0.1) is 0 Å². The van der Waals surface area contributed by atoms with Crippen molar-refractivity contribution in [2.24, 2.45) is 0 Å². The highest BCUT2D eigenvalue weighted by Crippen LogP contribution is 2.46. The summed E-state index contributed by atoms with van der Waals surface area (Å²) in [5.74, 6) is 1.99. The number of hydrogen-bond acceptors (Lipinski definition) is 4. The highest BCUT2D eigenvalue weighted by Gasteiger charge is 2.35. The molecule has 1 heterocycles. The van der Waals surface area contributed by atoms with Crippen LogP contribution in [0.25, 0.3) is 66.8 Å². The van der Waals surface area contributed by atoms with Gasteiger partial charge in [0.1, 0.15) is 7.14 Å².